The molecule has 0 fully saturated rings. The Labute approximate surface area is 169 Å². The maximum absolute atomic E-state index is 12.9. The average molecular weight is 392 g/mol. The Morgan fingerprint density at radius 2 is 1.69 bits per heavy atom. The highest BCUT2D eigenvalue weighted by atomic mass is 16.5. The van der Waals surface area contributed by atoms with Gasteiger partial charge >= 0.3 is 5.97 Å². The van der Waals surface area contributed by atoms with E-state index in [2.05, 4.69) is 10.3 Å². The zero-order valence-electron chi connectivity index (χ0n) is 16.7. The number of aryl methyl sites for hydroxylation is 1. The molecule has 0 saturated carbocycles. The number of aromatic amines is 1. The number of fused-ring (bicyclic) bond motifs is 1. The molecule has 0 aliphatic heterocycles. The third-order valence-electron chi connectivity index (χ3n) is 4.77. The van der Waals surface area contributed by atoms with Gasteiger partial charge in [0.15, 0.2) is 6.10 Å². The number of benzene rings is 2. The SMILES string of the molecule is CC(=O)N[C@H](CC(=O)O[C@H](C)C(=O)c1c(C)[nH]c2ccccc12)c1ccccc1. The molecular weight excluding hydrogens is 368 g/mol. The standard InChI is InChI=1S/C23H24N2O4/c1-14-22(18-11-7-8-12-19(18)24-14)23(28)15(2)29-21(27)13-20(25-16(3)26)17-9-5-4-6-10-17/h4-12,15,20,24H,13H2,1-3H3,(H,25,26)/t15-,20-/m1/s1. The van der Waals surface area contributed by atoms with Crippen molar-refractivity contribution in [2.45, 2.75) is 39.3 Å². The van der Waals surface area contributed by atoms with Gasteiger partial charge in [-0.15, -0.1) is 0 Å². The summed E-state index contributed by atoms with van der Waals surface area (Å²) in [6, 6.07) is 16.2. The molecule has 2 N–H and O–H groups in total. The van der Waals surface area contributed by atoms with E-state index in [0.29, 0.717) is 5.56 Å². The van der Waals surface area contributed by atoms with E-state index >= 15 is 0 Å². The zero-order valence-corrected chi connectivity index (χ0v) is 16.7. The second kappa shape index (κ2) is 8.73. The lowest BCUT2D eigenvalue weighted by molar-refractivity contribution is -0.147. The second-order valence-electron chi connectivity index (χ2n) is 7.03. The molecule has 1 aromatic heterocycles. The van der Waals surface area contributed by atoms with E-state index in [0.717, 1.165) is 22.2 Å². The molecule has 3 rings (SSSR count). The Balaban J connectivity index is 1.72. The number of hydrogen-bond acceptors (Lipinski definition) is 4. The molecule has 29 heavy (non-hydrogen) atoms. The van der Waals surface area contributed by atoms with Crippen molar-refractivity contribution in [2.75, 3.05) is 0 Å². The maximum atomic E-state index is 12.9. The van der Waals surface area contributed by atoms with Crippen LogP contribution in [0.4, 0.5) is 0 Å². The van der Waals surface area contributed by atoms with Crippen molar-refractivity contribution in [2.24, 2.45) is 0 Å². The summed E-state index contributed by atoms with van der Waals surface area (Å²) in [5, 5.41) is 3.56. The quantitative estimate of drug-likeness (QED) is 0.472. The van der Waals surface area contributed by atoms with Gasteiger partial charge in [0.1, 0.15) is 0 Å². The molecule has 2 aromatic carbocycles. The fourth-order valence-corrected chi connectivity index (χ4v) is 3.45. The van der Waals surface area contributed by atoms with E-state index in [1.54, 1.807) is 6.92 Å². The summed E-state index contributed by atoms with van der Waals surface area (Å²) < 4.78 is 5.42. The monoisotopic (exact) mass is 392 g/mol. The van der Waals surface area contributed by atoms with Gasteiger partial charge in [-0.25, -0.2) is 0 Å². The van der Waals surface area contributed by atoms with Crippen LogP contribution in [0.2, 0.25) is 0 Å². The van der Waals surface area contributed by atoms with Crippen LogP contribution in [0.3, 0.4) is 0 Å². The minimum atomic E-state index is -0.936. The molecule has 1 heterocycles. The molecule has 0 aliphatic carbocycles. The predicted octanol–water partition coefficient (Wildman–Crippen LogP) is 3.86. The van der Waals surface area contributed by atoms with Gasteiger partial charge < -0.3 is 15.0 Å². The molecular formula is C23H24N2O4. The molecule has 1 amide bonds. The van der Waals surface area contributed by atoms with Crippen molar-refractivity contribution in [1.82, 2.24) is 10.3 Å². The van der Waals surface area contributed by atoms with Gasteiger partial charge in [0.05, 0.1) is 12.5 Å². The Bertz CT molecular complexity index is 1040. The molecule has 0 spiro atoms. The lowest BCUT2D eigenvalue weighted by Crippen LogP contribution is -2.31. The van der Waals surface area contributed by atoms with Gasteiger partial charge in [-0.05, 0) is 25.5 Å². The van der Waals surface area contributed by atoms with Gasteiger partial charge in [0, 0.05) is 29.1 Å². The van der Waals surface area contributed by atoms with Crippen molar-refractivity contribution >= 4 is 28.6 Å². The number of aromatic nitrogens is 1. The van der Waals surface area contributed by atoms with Crippen LogP contribution in [-0.4, -0.2) is 28.7 Å². The van der Waals surface area contributed by atoms with Gasteiger partial charge in [0.2, 0.25) is 11.7 Å². The first-order valence-corrected chi connectivity index (χ1v) is 9.50. The number of carbonyl (C=O) groups excluding carboxylic acids is 3. The molecule has 0 aliphatic rings. The highest BCUT2D eigenvalue weighted by Gasteiger charge is 2.26. The highest BCUT2D eigenvalue weighted by Crippen LogP contribution is 2.24. The van der Waals surface area contributed by atoms with E-state index in [1.165, 1.54) is 6.92 Å². The lowest BCUT2D eigenvalue weighted by atomic mass is 10.0. The van der Waals surface area contributed by atoms with Gasteiger partial charge in [-0.2, -0.15) is 0 Å². The first-order valence-electron chi connectivity index (χ1n) is 9.50. The zero-order chi connectivity index (χ0) is 21.0. The molecule has 6 nitrogen and oxygen atoms in total. The number of para-hydroxylation sites is 1. The molecule has 3 aromatic rings. The van der Waals surface area contributed by atoms with Crippen molar-refractivity contribution < 1.29 is 19.1 Å². The number of carbonyl (C=O) groups is 3. The predicted molar refractivity (Wildman–Crippen MR) is 111 cm³/mol. The van der Waals surface area contributed by atoms with Crippen LogP contribution in [0.5, 0.6) is 0 Å². The summed E-state index contributed by atoms with van der Waals surface area (Å²) in [7, 11) is 0. The summed E-state index contributed by atoms with van der Waals surface area (Å²) in [6.45, 7) is 4.79. The van der Waals surface area contributed by atoms with Crippen LogP contribution < -0.4 is 5.32 Å². The van der Waals surface area contributed by atoms with Gasteiger partial charge in [0.25, 0.3) is 0 Å². The first kappa shape index (κ1) is 20.3. The largest absolute Gasteiger partial charge is 0.454 e. The Kier molecular flexibility index (Phi) is 6.12. The molecule has 0 unspecified atom stereocenters. The average Bonchev–Trinajstić information content (AvgIpc) is 3.02. The fourth-order valence-electron chi connectivity index (χ4n) is 3.45. The van der Waals surface area contributed by atoms with E-state index in [1.807, 2.05) is 61.5 Å². The van der Waals surface area contributed by atoms with Crippen molar-refractivity contribution in [3.63, 3.8) is 0 Å². The van der Waals surface area contributed by atoms with E-state index < -0.39 is 18.1 Å². The van der Waals surface area contributed by atoms with Crippen molar-refractivity contribution in [3.05, 3.63) is 71.4 Å². The summed E-state index contributed by atoms with van der Waals surface area (Å²) in [6.07, 6.45) is -0.997. The maximum Gasteiger partial charge on any atom is 0.308 e. The number of ketones is 1. The first-order chi connectivity index (χ1) is 13.9. The van der Waals surface area contributed by atoms with Gasteiger partial charge in [-0.3, -0.25) is 14.4 Å². The Morgan fingerprint density at radius 1 is 1.03 bits per heavy atom. The summed E-state index contributed by atoms with van der Waals surface area (Å²) in [5.41, 5.74) is 2.93. The molecule has 0 radical (unpaired) electrons. The van der Waals surface area contributed by atoms with Crippen LogP contribution in [0.25, 0.3) is 10.9 Å². The van der Waals surface area contributed by atoms with E-state index in [4.69, 9.17) is 4.74 Å². The number of amides is 1. The lowest BCUT2D eigenvalue weighted by Gasteiger charge is -2.19. The van der Waals surface area contributed by atoms with Crippen LogP contribution in [0.1, 0.15) is 47.9 Å². The molecule has 0 bridgehead atoms. The molecule has 6 heteroatoms. The normalized spacial score (nSPS) is 12.9. The third kappa shape index (κ3) is 4.71. The van der Waals surface area contributed by atoms with Crippen LogP contribution in [-0.2, 0) is 14.3 Å². The van der Waals surface area contributed by atoms with Gasteiger partial charge in [-0.1, -0.05) is 48.5 Å². The Morgan fingerprint density at radius 3 is 2.38 bits per heavy atom. The number of rotatable bonds is 7. The summed E-state index contributed by atoms with van der Waals surface area (Å²) in [4.78, 5) is 40.2. The topological polar surface area (TPSA) is 88.3 Å². The highest BCUT2D eigenvalue weighted by molar-refractivity contribution is 6.11. The molecule has 2 atom stereocenters. The van der Waals surface area contributed by atoms with Crippen LogP contribution in [0.15, 0.2) is 54.6 Å². The minimum Gasteiger partial charge on any atom is -0.454 e. The van der Waals surface area contributed by atoms with E-state index in [9.17, 15) is 14.4 Å². The molecule has 150 valence electrons. The number of H-pyrrole nitrogens is 1. The summed E-state index contributed by atoms with van der Waals surface area (Å²) in [5.74, 6) is -1.06. The van der Waals surface area contributed by atoms with Crippen molar-refractivity contribution in [3.8, 4) is 0 Å². The Hall–Kier alpha value is -3.41. The number of Topliss-reactive ketones (excluding diaryl/α,β-unsaturated/α-hetero) is 1. The number of nitrogens with one attached hydrogen (secondary N) is 2. The number of esters is 1. The second-order valence-corrected chi connectivity index (χ2v) is 7.03. The minimum absolute atomic E-state index is 0.0614. The number of hydrogen-bond donors (Lipinski definition) is 2. The fraction of sp³-hybridized carbons (Fsp3) is 0.261. The van der Waals surface area contributed by atoms with E-state index in [-0.39, 0.29) is 18.1 Å². The third-order valence-corrected chi connectivity index (χ3v) is 4.77. The number of ether oxygens (including phenoxy) is 1. The summed E-state index contributed by atoms with van der Waals surface area (Å²) >= 11 is 0. The smallest absolute Gasteiger partial charge is 0.308 e. The molecule has 0 saturated heterocycles. The van der Waals surface area contributed by atoms with Crippen LogP contribution in [0, 0.1) is 6.92 Å². The van der Waals surface area contributed by atoms with Crippen molar-refractivity contribution in [1.29, 1.82) is 0 Å². The van der Waals surface area contributed by atoms with Crippen LogP contribution >= 0.6 is 0 Å².